The van der Waals surface area contributed by atoms with E-state index in [9.17, 15) is 0 Å². The maximum atomic E-state index is 6.09. The van der Waals surface area contributed by atoms with Crippen molar-refractivity contribution >= 4 is 21.6 Å². The number of nitrogens with zero attached hydrogens (tertiary/aromatic N) is 1. The molecule has 2 atom stereocenters. The number of nitrogens with two attached hydrogens (primary N) is 1. The van der Waals surface area contributed by atoms with E-state index in [0.717, 1.165) is 29.9 Å². The molecule has 0 spiro atoms. The highest BCUT2D eigenvalue weighted by Gasteiger charge is 2.35. The molecule has 0 bridgehead atoms. The van der Waals surface area contributed by atoms with Gasteiger partial charge in [0.1, 0.15) is 0 Å². The van der Waals surface area contributed by atoms with E-state index in [-0.39, 0.29) is 0 Å². The number of hydrogen-bond acceptors (Lipinski definition) is 3. The van der Waals surface area contributed by atoms with Crippen molar-refractivity contribution in [2.45, 2.75) is 38.0 Å². The summed E-state index contributed by atoms with van der Waals surface area (Å²) >= 11 is 3.45. The smallest absolute Gasteiger partial charge is 0.0731 e. The Morgan fingerprint density at radius 2 is 2.28 bits per heavy atom. The first-order chi connectivity index (χ1) is 8.74. The van der Waals surface area contributed by atoms with Crippen LogP contribution in [0.1, 0.15) is 24.8 Å². The molecule has 3 rings (SSSR count). The second-order valence-electron chi connectivity index (χ2n) is 5.22. The fourth-order valence-electron chi connectivity index (χ4n) is 3.13. The predicted molar refractivity (Wildman–Crippen MR) is 76.3 cm³/mol. The molecule has 1 saturated carbocycles. The van der Waals surface area contributed by atoms with Crippen molar-refractivity contribution in [3.8, 4) is 0 Å². The van der Waals surface area contributed by atoms with Gasteiger partial charge in [-0.15, -0.1) is 0 Å². The van der Waals surface area contributed by atoms with Crippen LogP contribution in [0.15, 0.2) is 22.7 Å². The lowest BCUT2D eigenvalue weighted by Crippen LogP contribution is -2.47. The van der Waals surface area contributed by atoms with Crippen LogP contribution in [0.4, 0.5) is 5.69 Å². The summed E-state index contributed by atoms with van der Waals surface area (Å²) in [6, 6.07) is 6.78. The minimum absolute atomic E-state index is 0.454. The molecule has 0 amide bonds. The molecule has 2 N–H and O–H groups in total. The fraction of sp³-hybridized carbons (Fsp3) is 0.571. The van der Waals surface area contributed by atoms with Crippen molar-refractivity contribution in [3.05, 3.63) is 28.2 Å². The highest BCUT2D eigenvalue weighted by Crippen LogP contribution is 2.31. The second-order valence-corrected chi connectivity index (χ2v) is 6.14. The molecule has 1 aromatic rings. The van der Waals surface area contributed by atoms with Crippen molar-refractivity contribution in [2.24, 2.45) is 0 Å². The number of benzene rings is 1. The average Bonchev–Trinajstić information content (AvgIpc) is 2.82. The number of rotatable bonds is 2. The first kappa shape index (κ1) is 12.5. The minimum Gasteiger partial charge on any atom is -0.398 e. The number of ether oxygens (including phenoxy) is 1. The molecular weight excluding hydrogens is 292 g/mol. The van der Waals surface area contributed by atoms with E-state index in [1.165, 1.54) is 24.8 Å². The Labute approximate surface area is 116 Å². The first-order valence-electron chi connectivity index (χ1n) is 6.63. The number of hydrogen-bond donors (Lipinski definition) is 1. The molecule has 1 saturated heterocycles. The van der Waals surface area contributed by atoms with Gasteiger partial charge in [-0.25, -0.2) is 0 Å². The van der Waals surface area contributed by atoms with E-state index in [1.807, 2.05) is 6.07 Å². The maximum absolute atomic E-state index is 6.09. The number of fused-ring (bicyclic) bond motifs is 1. The molecule has 0 aromatic heterocycles. The number of anilines is 1. The Morgan fingerprint density at radius 3 is 3.11 bits per heavy atom. The molecule has 0 radical (unpaired) electrons. The van der Waals surface area contributed by atoms with E-state index in [1.54, 1.807) is 0 Å². The van der Waals surface area contributed by atoms with Crippen LogP contribution in [-0.2, 0) is 11.3 Å². The number of halogens is 1. The monoisotopic (exact) mass is 310 g/mol. The molecule has 3 nitrogen and oxygen atoms in total. The number of morpholine rings is 1. The van der Waals surface area contributed by atoms with Crippen LogP contribution in [-0.4, -0.2) is 30.2 Å². The van der Waals surface area contributed by atoms with E-state index in [2.05, 4.69) is 33.0 Å². The van der Waals surface area contributed by atoms with Gasteiger partial charge >= 0.3 is 0 Å². The third kappa shape index (κ3) is 2.42. The zero-order chi connectivity index (χ0) is 12.5. The summed E-state index contributed by atoms with van der Waals surface area (Å²) in [5.41, 5.74) is 8.20. The Morgan fingerprint density at radius 1 is 1.39 bits per heavy atom. The lowest BCUT2D eigenvalue weighted by Gasteiger charge is -2.37. The standard InChI is InChI=1S/C14H19BrN2O/c15-11-5-4-10(12(16)8-11)9-17-6-7-18-14-3-1-2-13(14)17/h4-5,8,13-14H,1-3,6-7,9,16H2. The summed E-state index contributed by atoms with van der Waals surface area (Å²) in [6.07, 6.45) is 4.23. The third-order valence-electron chi connectivity index (χ3n) is 4.08. The van der Waals surface area contributed by atoms with Gasteiger partial charge in [0, 0.05) is 29.3 Å². The van der Waals surface area contributed by atoms with Crippen LogP contribution in [0.25, 0.3) is 0 Å². The van der Waals surface area contributed by atoms with E-state index < -0.39 is 0 Å². The molecule has 18 heavy (non-hydrogen) atoms. The molecule has 1 aliphatic heterocycles. The summed E-state index contributed by atoms with van der Waals surface area (Å²) in [7, 11) is 0. The summed E-state index contributed by atoms with van der Waals surface area (Å²) in [6.45, 7) is 2.83. The molecular formula is C14H19BrN2O. The first-order valence-corrected chi connectivity index (χ1v) is 7.43. The zero-order valence-electron chi connectivity index (χ0n) is 10.4. The molecule has 1 aliphatic carbocycles. The molecule has 1 aromatic carbocycles. The largest absolute Gasteiger partial charge is 0.398 e. The third-order valence-corrected chi connectivity index (χ3v) is 4.57. The summed E-state index contributed by atoms with van der Waals surface area (Å²) in [5.74, 6) is 0. The minimum atomic E-state index is 0.454. The maximum Gasteiger partial charge on any atom is 0.0731 e. The molecule has 1 heterocycles. The van der Waals surface area contributed by atoms with Gasteiger partial charge in [0.2, 0.25) is 0 Å². The second kappa shape index (κ2) is 5.19. The average molecular weight is 311 g/mol. The highest BCUT2D eigenvalue weighted by atomic mass is 79.9. The highest BCUT2D eigenvalue weighted by molar-refractivity contribution is 9.10. The van der Waals surface area contributed by atoms with Crippen molar-refractivity contribution in [2.75, 3.05) is 18.9 Å². The molecule has 98 valence electrons. The van der Waals surface area contributed by atoms with Crippen LogP contribution in [0, 0.1) is 0 Å². The summed E-state index contributed by atoms with van der Waals surface area (Å²) in [5, 5.41) is 0. The SMILES string of the molecule is Nc1cc(Br)ccc1CN1CCOC2CCCC21. The lowest BCUT2D eigenvalue weighted by molar-refractivity contribution is -0.0587. The van der Waals surface area contributed by atoms with Gasteiger partial charge in [-0.1, -0.05) is 22.0 Å². The van der Waals surface area contributed by atoms with Gasteiger partial charge in [-0.2, -0.15) is 0 Å². The van der Waals surface area contributed by atoms with Crippen molar-refractivity contribution < 1.29 is 4.74 Å². The Hall–Kier alpha value is -0.580. The van der Waals surface area contributed by atoms with Gasteiger partial charge in [0.25, 0.3) is 0 Å². The quantitative estimate of drug-likeness (QED) is 0.854. The van der Waals surface area contributed by atoms with Crippen molar-refractivity contribution in [1.29, 1.82) is 0 Å². The van der Waals surface area contributed by atoms with E-state index in [0.29, 0.717) is 12.1 Å². The predicted octanol–water partition coefficient (Wildman–Crippen LogP) is 2.78. The molecule has 2 unspecified atom stereocenters. The van der Waals surface area contributed by atoms with Gasteiger partial charge < -0.3 is 10.5 Å². The van der Waals surface area contributed by atoms with E-state index in [4.69, 9.17) is 10.5 Å². The van der Waals surface area contributed by atoms with Gasteiger partial charge in [-0.05, 0) is 37.0 Å². The van der Waals surface area contributed by atoms with Crippen molar-refractivity contribution in [3.63, 3.8) is 0 Å². The normalized spacial score (nSPS) is 28.3. The van der Waals surface area contributed by atoms with Crippen molar-refractivity contribution in [1.82, 2.24) is 4.90 Å². The van der Waals surface area contributed by atoms with Gasteiger partial charge in [-0.3, -0.25) is 4.90 Å². The lowest BCUT2D eigenvalue weighted by atomic mass is 10.1. The molecule has 4 heteroatoms. The Bertz CT molecular complexity index is 438. The topological polar surface area (TPSA) is 38.5 Å². The number of nitrogen functional groups attached to an aromatic ring is 1. The van der Waals surface area contributed by atoms with Crippen LogP contribution < -0.4 is 5.73 Å². The Kier molecular flexibility index (Phi) is 3.59. The van der Waals surface area contributed by atoms with Crippen LogP contribution >= 0.6 is 15.9 Å². The molecule has 2 fully saturated rings. The summed E-state index contributed by atoms with van der Waals surface area (Å²) in [4.78, 5) is 2.54. The zero-order valence-corrected chi connectivity index (χ0v) is 12.0. The van der Waals surface area contributed by atoms with Crippen LogP contribution in [0.3, 0.4) is 0 Å². The van der Waals surface area contributed by atoms with Crippen LogP contribution in [0.5, 0.6) is 0 Å². The van der Waals surface area contributed by atoms with Gasteiger partial charge in [0.05, 0.1) is 12.7 Å². The van der Waals surface area contributed by atoms with Gasteiger partial charge in [0.15, 0.2) is 0 Å². The van der Waals surface area contributed by atoms with E-state index >= 15 is 0 Å². The molecule has 2 aliphatic rings. The summed E-state index contributed by atoms with van der Waals surface area (Å²) < 4.78 is 6.88. The van der Waals surface area contributed by atoms with Crippen LogP contribution in [0.2, 0.25) is 0 Å². The Balaban J connectivity index is 1.75. The fourth-order valence-corrected chi connectivity index (χ4v) is 3.51.